The summed E-state index contributed by atoms with van der Waals surface area (Å²) in [4.78, 5) is 10.9. The molecule has 2 aromatic carbocycles. The van der Waals surface area contributed by atoms with E-state index < -0.39 is 11.7 Å². The number of hydrogen-bond donors (Lipinski definition) is 2. The van der Waals surface area contributed by atoms with Gasteiger partial charge in [-0.05, 0) is 30.3 Å². The molecule has 3 nitrogen and oxygen atoms in total. The number of rotatable bonds is 4. The number of nitrogens with two attached hydrogens (primary N) is 1. The summed E-state index contributed by atoms with van der Waals surface area (Å²) >= 11 is 11.7. The molecule has 2 aromatic rings. The maximum atomic E-state index is 13.8. The average molecular weight is 313 g/mol. The van der Waals surface area contributed by atoms with Gasteiger partial charge in [-0.15, -0.1) is 0 Å². The number of primary amides is 1. The summed E-state index contributed by atoms with van der Waals surface area (Å²) in [5.74, 6) is -1.15. The van der Waals surface area contributed by atoms with Crippen LogP contribution in [-0.2, 0) is 6.54 Å². The van der Waals surface area contributed by atoms with Crippen molar-refractivity contribution in [3.63, 3.8) is 0 Å². The summed E-state index contributed by atoms with van der Waals surface area (Å²) in [7, 11) is 0. The Kier molecular flexibility index (Phi) is 4.47. The van der Waals surface area contributed by atoms with Crippen molar-refractivity contribution in [1.82, 2.24) is 0 Å². The quantitative estimate of drug-likeness (QED) is 0.901. The molecule has 0 unspecified atom stereocenters. The molecule has 0 aliphatic rings. The van der Waals surface area contributed by atoms with Gasteiger partial charge in [0, 0.05) is 23.4 Å². The van der Waals surface area contributed by atoms with Crippen molar-refractivity contribution in [3.8, 4) is 0 Å². The van der Waals surface area contributed by atoms with Crippen LogP contribution in [0.25, 0.3) is 0 Å². The molecule has 0 atom stereocenters. The second kappa shape index (κ2) is 6.11. The molecule has 0 saturated heterocycles. The van der Waals surface area contributed by atoms with E-state index in [0.29, 0.717) is 15.6 Å². The Labute approximate surface area is 125 Å². The first-order valence-corrected chi connectivity index (χ1v) is 6.50. The van der Waals surface area contributed by atoms with E-state index in [0.717, 1.165) is 11.8 Å². The van der Waals surface area contributed by atoms with E-state index in [-0.39, 0.29) is 12.1 Å². The number of carbonyl (C=O) groups excluding carboxylic acids is 1. The van der Waals surface area contributed by atoms with Gasteiger partial charge in [-0.3, -0.25) is 4.79 Å². The van der Waals surface area contributed by atoms with Crippen LogP contribution in [0.4, 0.5) is 10.1 Å². The lowest BCUT2D eigenvalue weighted by Crippen LogP contribution is -2.12. The van der Waals surface area contributed by atoms with E-state index in [1.807, 2.05) is 0 Å². The van der Waals surface area contributed by atoms with Crippen LogP contribution in [0.1, 0.15) is 15.9 Å². The standard InChI is InChI=1S/C14H11Cl2FN2O/c15-11-4-3-10(6-12(11)16)19-7-9-2-1-8(14(18)20)5-13(9)17/h1-6,19H,7H2,(H2,18,20). The Hall–Kier alpha value is -1.78. The van der Waals surface area contributed by atoms with E-state index in [4.69, 9.17) is 28.9 Å². The fraction of sp³-hybridized carbons (Fsp3) is 0.0714. The molecule has 2 rings (SSSR count). The van der Waals surface area contributed by atoms with Crippen molar-refractivity contribution < 1.29 is 9.18 Å². The van der Waals surface area contributed by atoms with Gasteiger partial charge < -0.3 is 11.1 Å². The van der Waals surface area contributed by atoms with E-state index in [2.05, 4.69) is 5.32 Å². The third-order valence-corrected chi connectivity index (χ3v) is 3.48. The molecule has 0 aliphatic carbocycles. The Bertz CT molecular complexity index is 662. The van der Waals surface area contributed by atoms with Gasteiger partial charge in [0.1, 0.15) is 5.82 Å². The summed E-state index contributed by atoms with van der Waals surface area (Å²) in [6.07, 6.45) is 0. The highest BCUT2D eigenvalue weighted by molar-refractivity contribution is 6.42. The van der Waals surface area contributed by atoms with Crippen molar-refractivity contribution in [3.05, 3.63) is 63.4 Å². The van der Waals surface area contributed by atoms with Crippen molar-refractivity contribution in [1.29, 1.82) is 0 Å². The third-order valence-electron chi connectivity index (χ3n) is 2.74. The maximum Gasteiger partial charge on any atom is 0.248 e. The summed E-state index contributed by atoms with van der Waals surface area (Å²) in [5.41, 5.74) is 6.36. The molecule has 0 aliphatic heterocycles. The monoisotopic (exact) mass is 312 g/mol. The van der Waals surface area contributed by atoms with E-state index in [1.54, 1.807) is 18.2 Å². The lowest BCUT2D eigenvalue weighted by Gasteiger charge is -2.09. The number of amides is 1. The first kappa shape index (κ1) is 14.6. The molecule has 0 fully saturated rings. The minimum Gasteiger partial charge on any atom is -0.381 e. The molecule has 1 amide bonds. The van der Waals surface area contributed by atoms with E-state index in [9.17, 15) is 9.18 Å². The smallest absolute Gasteiger partial charge is 0.248 e. The van der Waals surface area contributed by atoms with Crippen molar-refractivity contribution in [2.45, 2.75) is 6.54 Å². The Morgan fingerprint density at radius 1 is 1.15 bits per heavy atom. The van der Waals surface area contributed by atoms with Gasteiger partial charge in [0.15, 0.2) is 0 Å². The first-order chi connectivity index (χ1) is 9.47. The van der Waals surface area contributed by atoms with Gasteiger partial charge in [0.2, 0.25) is 5.91 Å². The molecule has 0 bridgehead atoms. The van der Waals surface area contributed by atoms with Crippen LogP contribution in [0.2, 0.25) is 10.0 Å². The molecule has 0 radical (unpaired) electrons. The highest BCUT2D eigenvalue weighted by Gasteiger charge is 2.07. The summed E-state index contributed by atoms with van der Waals surface area (Å²) < 4.78 is 13.8. The predicted molar refractivity (Wildman–Crippen MR) is 78.7 cm³/mol. The van der Waals surface area contributed by atoms with Crippen LogP contribution in [0.5, 0.6) is 0 Å². The highest BCUT2D eigenvalue weighted by atomic mass is 35.5. The van der Waals surface area contributed by atoms with Gasteiger partial charge >= 0.3 is 0 Å². The average Bonchev–Trinajstić information content (AvgIpc) is 2.41. The van der Waals surface area contributed by atoms with Crippen LogP contribution >= 0.6 is 23.2 Å². The number of halogens is 3. The van der Waals surface area contributed by atoms with Gasteiger partial charge in [-0.2, -0.15) is 0 Å². The molecule has 0 heterocycles. The summed E-state index contributed by atoms with van der Waals surface area (Å²) in [6, 6.07) is 9.16. The summed E-state index contributed by atoms with van der Waals surface area (Å²) in [5, 5.41) is 3.89. The number of anilines is 1. The third kappa shape index (κ3) is 3.40. The molecule has 6 heteroatoms. The van der Waals surface area contributed by atoms with Gasteiger partial charge in [-0.25, -0.2) is 4.39 Å². The van der Waals surface area contributed by atoms with Crippen LogP contribution in [-0.4, -0.2) is 5.91 Å². The fourth-order valence-corrected chi connectivity index (χ4v) is 1.95. The van der Waals surface area contributed by atoms with Crippen LogP contribution < -0.4 is 11.1 Å². The zero-order valence-corrected chi connectivity index (χ0v) is 11.8. The van der Waals surface area contributed by atoms with E-state index >= 15 is 0 Å². The van der Waals surface area contributed by atoms with Gasteiger partial charge in [-0.1, -0.05) is 29.3 Å². The largest absolute Gasteiger partial charge is 0.381 e. The molecule has 3 N–H and O–H groups in total. The molecule has 0 aromatic heterocycles. The van der Waals surface area contributed by atoms with Crippen LogP contribution in [0.3, 0.4) is 0 Å². The second-order valence-corrected chi connectivity index (χ2v) is 4.97. The SMILES string of the molecule is NC(=O)c1ccc(CNc2ccc(Cl)c(Cl)c2)c(F)c1. The fourth-order valence-electron chi connectivity index (χ4n) is 1.65. The maximum absolute atomic E-state index is 13.8. The van der Waals surface area contributed by atoms with Crippen molar-refractivity contribution >= 4 is 34.8 Å². The minimum absolute atomic E-state index is 0.140. The summed E-state index contributed by atoms with van der Waals surface area (Å²) in [6.45, 7) is 0.253. The number of carbonyl (C=O) groups is 1. The predicted octanol–water partition coefficient (Wildman–Crippen LogP) is 3.84. The van der Waals surface area contributed by atoms with Crippen LogP contribution in [0.15, 0.2) is 36.4 Å². The first-order valence-electron chi connectivity index (χ1n) is 5.74. The normalized spacial score (nSPS) is 10.3. The highest BCUT2D eigenvalue weighted by Crippen LogP contribution is 2.25. The zero-order valence-electron chi connectivity index (χ0n) is 10.3. The zero-order chi connectivity index (χ0) is 14.7. The van der Waals surface area contributed by atoms with Crippen molar-refractivity contribution in [2.24, 2.45) is 5.73 Å². The number of hydrogen-bond acceptors (Lipinski definition) is 2. The lowest BCUT2D eigenvalue weighted by molar-refractivity contribution is 0.1000. The Morgan fingerprint density at radius 2 is 1.90 bits per heavy atom. The molecular formula is C14H11Cl2FN2O. The van der Waals surface area contributed by atoms with Gasteiger partial charge in [0.25, 0.3) is 0 Å². The van der Waals surface area contributed by atoms with Gasteiger partial charge in [0.05, 0.1) is 10.0 Å². The second-order valence-electron chi connectivity index (χ2n) is 4.15. The molecule has 0 saturated carbocycles. The molecular weight excluding hydrogens is 302 g/mol. The Balaban J connectivity index is 2.10. The van der Waals surface area contributed by atoms with E-state index in [1.165, 1.54) is 12.1 Å². The number of benzene rings is 2. The molecule has 20 heavy (non-hydrogen) atoms. The molecule has 0 spiro atoms. The number of nitrogens with one attached hydrogen (secondary N) is 1. The minimum atomic E-state index is -0.659. The van der Waals surface area contributed by atoms with Crippen LogP contribution in [0, 0.1) is 5.82 Å². The molecule has 104 valence electrons. The van der Waals surface area contributed by atoms with Crippen molar-refractivity contribution in [2.75, 3.05) is 5.32 Å². The topological polar surface area (TPSA) is 55.1 Å². The lowest BCUT2D eigenvalue weighted by atomic mass is 10.1. The Morgan fingerprint density at radius 3 is 2.50 bits per heavy atom.